The minimum absolute atomic E-state index is 0.0337. The molecule has 1 aromatic heterocycles. The van der Waals surface area contributed by atoms with Crippen molar-refractivity contribution >= 4 is 27.5 Å². The third-order valence-corrected chi connectivity index (χ3v) is 5.86. The Morgan fingerprint density at radius 2 is 2.38 bits per heavy atom. The van der Waals surface area contributed by atoms with E-state index in [1.165, 1.54) is 16.7 Å². The molecular weight excluding hydrogens is 282 g/mol. The van der Waals surface area contributed by atoms with Crippen molar-refractivity contribution in [2.75, 3.05) is 7.05 Å². The van der Waals surface area contributed by atoms with E-state index in [1.54, 1.807) is 16.3 Å². The smallest absolute Gasteiger partial charge is 0.242 e. The number of rotatable bonds is 4. The van der Waals surface area contributed by atoms with Crippen LogP contribution >= 0.6 is 11.3 Å². The molecule has 2 bridgehead atoms. The summed E-state index contributed by atoms with van der Waals surface area (Å²) < 4.78 is 1.19. The van der Waals surface area contributed by atoms with Gasteiger partial charge in [-0.15, -0.1) is 11.3 Å². The lowest BCUT2D eigenvalue weighted by molar-refractivity contribution is -0.148. The van der Waals surface area contributed by atoms with Crippen LogP contribution < -0.4 is 5.43 Å². The summed E-state index contributed by atoms with van der Waals surface area (Å²) >= 11 is 1.65. The predicted molar refractivity (Wildman–Crippen MR) is 83.6 cm³/mol. The van der Waals surface area contributed by atoms with E-state index >= 15 is 0 Å². The van der Waals surface area contributed by atoms with Crippen LogP contribution in [0.1, 0.15) is 31.2 Å². The van der Waals surface area contributed by atoms with Gasteiger partial charge >= 0.3 is 0 Å². The van der Waals surface area contributed by atoms with Crippen LogP contribution in [0.4, 0.5) is 0 Å². The van der Waals surface area contributed by atoms with Crippen molar-refractivity contribution in [3.05, 3.63) is 29.3 Å². The van der Waals surface area contributed by atoms with E-state index < -0.39 is 0 Å². The molecule has 0 saturated heterocycles. The molecule has 0 radical (unpaired) electrons. The quantitative estimate of drug-likeness (QED) is 0.883. The topological polar surface area (TPSA) is 45.2 Å². The summed E-state index contributed by atoms with van der Waals surface area (Å²) in [7, 11) is 1.86. The van der Waals surface area contributed by atoms with Crippen molar-refractivity contribution in [3.8, 4) is 0 Å². The number of carbonyl (C=O) groups excluding carboxylic acids is 1. The number of amides is 1. The number of hydrazine groups is 1. The molecule has 0 aliphatic heterocycles. The van der Waals surface area contributed by atoms with Gasteiger partial charge in [-0.25, -0.2) is 10.4 Å². The third kappa shape index (κ3) is 2.15. The number of thiazole rings is 1. The van der Waals surface area contributed by atoms with Gasteiger partial charge < -0.3 is 0 Å². The Kier molecular flexibility index (Phi) is 3.01. The molecule has 3 fully saturated rings. The van der Waals surface area contributed by atoms with Gasteiger partial charge in [0.1, 0.15) is 0 Å². The van der Waals surface area contributed by atoms with Crippen molar-refractivity contribution in [2.45, 2.75) is 32.2 Å². The van der Waals surface area contributed by atoms with Crippen LogP contribution in [0.3, 0.4) is 0 Å². The number of aromatic nitrogens is 1. The summed E-state index contributed by atoms with van der Waals surface area (Å²) in [5.74, 6) is 1.09. The van der Waals surface area contributed by atoms with E-state index in [9.17, 15) is 4.79 Å². The normalized spacial score (nSPS) is 26.8. The molecule has 1 aromatic carbocycles. The third-order valence-electron chi connectivity index (χ3n) is 5.06. The number of fused-ring (bicyclic) bond motifs is 2. The summed E-state index contributed by atoms with van der Waals surface area (Å²) in [6.45, 7) is 0.676. The molecule has 5 heteroatoms. The Bertz CT molecular complexity index is 684. The zero-order valence-electron chi connectivity index (χ0n) is 12.1. The van der Waals surface area contributed by atoms with E-state index in [2.05, 4.69) is 22.5 Å². The van der Waals surface area contributed by atoms with Gasteiger partial charge in [0.25, 0.3) is 0 Å². The molecule has 0 spiro atoms. The van der Waals surface area contributed by atoms with Gasteiger partial charge in [-0.3, -0.25) is 9.80 Å². The fraction of sp³-hybridized carbons (Fsp3) is 0.500. The largest absolute Gasteiger partial charge is 0.280 e. The second-order valence-corrected chi connectivity index (χ2v) is 7.33. The molecular formula is C16H19N3OS. The minimum atomic E-state index is -0.0337. The molecule has 1 heterocycles. The van der Waals surface area contributed by atoms with E-state index in [0.29, 0.717) is 6.54 Å². The Labute approximate surface area is 128 Å². The van der Waals surface area contributed by atoms with Crippen LogP contribution in [-0.4, -0.2) is 22.9 Å². The van der Waals surface area contributed by atoms with Crippen molar-refractivity contribution in [1.82, 2.24) is 15.4 Å². The standard InChI is InChI=1S/C16H19N3OS/c1-19(15(20)16-5-4-12(7-16)8-16)18-9-11-2-3-13-14(6-11)21-10-17-13/h2-3,6,10,12,18H,4-5,7-9H2,1H3. The highest BCUT2D eigenvalue weighted by molar-refractivity contribution is 7.16. The monoisotopic (exact) mass is 301 g/mol. The predicted octanol–water partition coefficient (Wildman–Crippen LogP) is 2.95. The number of nitrogens with zero attached hydrogens (tertiary/aromatic N) is 2. The van der Waals surface area contributed by atoms with E-state index in [1.807, 2.05) is 18.6 Å². The molecule has 1 N–H and O–H groups in total. The number of benzene rings is 1. The maximum atomic E-state index is 12.6. The molecule has 4 nitrogen and oxygen atoms in total. The summed E-state index contributed by atoms with van der Waals surface area (Å²) in [5, 5.41) is 1.71. The maximum Gasteiger partial charge on any atom is 0.242 e. The lowest BCUT2D eigenvalue weighted by Gasteiger charge is -2.39. The van der Waals surface area contributed by atoms with Gasteiger partial charge in [0.2, 0.25) is 5.91 Å². The lowest BCUT2D eigenvalue weighted by Crippen LogP contribution is -2.50. The maximum absolute atomic E-state index is 12.6. The highest BCUT2D eigenvalue weighted by Gasteiger charge is 2.56. The fourth-order valence-corrected chi connectivity index (χ4v) is 4.60. The van der Waals surface area contributed by atoms with E-state index in [4.69, 9.17) is 0 Å². The molecule has 21 heavy (non-hydrogen) atoms. The SMILES string of the molecule is CN(NCc1ccc2ncsc2c1)C(=O)C12CCC(C1)C2. The van der Waals surface area contributed by atoms with E-state index in [0.717, 1.165) is 30.7 Å². The molecule has 3 saturated carbocycles. The van der Waals surface area contributed by atoms with Crippen LogP contribution in [0, 0.1) is 11.3 Å². The summed E-state index contributed by atoms with van der Waals surface area (Å²) in [6.07, 6.45) is 4.52. The molecule has 3 aliphatic carbocycles. The Morgan fingerprint density at radius 1 is 1.52 bits per heavy atom. The van der Waals surface area contributed by atoms with Gasteiger partial charge in [-0.2, -0.15) is 0 Å². The average Bonchev–Trinajstić information content (AvgIpc) is 3.16. The second-order valence-electron chi connectivity index (χ2n) is 6.45. The molecule has 110 valence electrons. The Morgan fingerprint density at radius 3 is 3.14 bits per heavy atom. The molecule has 5 rings (SSSR count). The first-order chi connectivity index (χ1) is 10.2. The van der Waals surface area contributed by atoms with Gasteiger partial charge in [-0.1, -0.05) is 6.07 Å². The lowest BCUT2D eigenvalue weighted by atomic mass is 9.69. The minimum Gasteiger partial charge on any atom is -0.280 e. The second kappa shape index (κ2) is 4.78. The number of hydrogen-bond acceptors (Lipinski definition) is 4. The zero-order chi connectivity index (χ0) is 14.4. The Balaban J connectivity index is 1.40. The summed E-state index contributed by atoms with van der Waals surface area (Å²) in [5.41, 5.74) is 7.30. The summed E-state index contributed by atoms with van der Waals surface area (Å²) in [6, 6.07) is 6.25. The van der Waals surface area contributed by atoms with Gasteiger partial charge in [0, 0.05) is 13.6 Å². The van der Waals surface area contributed by atoms with Crippen molar-refractivity contribution in [2.24, 2.45) is 11.3 Å². The first-order valence-corrected chi connectivity index (χ1v) is 8.38. The molecule has 0 atom stereocenters. The molecule has 0 unspecified atom stereocenters. The first-order valence-electron chi connectivity index (χ1n) is 7.50. The molecule has 1 amide bonds. The number of hydrogen-bond donors (Lipinski definition) is 1. The summed E-state index contributed by atoms with van der Waals surface area (Å²) in [4.78, 5) is 16.8. The van der Waals surface area contributed by atoms with Gasteiger partial charge in [0.05, 0.1) is 21.1 Å². The Hall–Kier alpha value is -1.46. The van der Waals surface area contributed by atoms with Gasteiger partial charge in [-0.05, 0) is 49.3 Å². The molecule has 2 aromatic rings. The van der Waals surface area contributed by atoms with Crippen molar-refractivity contribution < 1.29 is 4.79 Å². The van der Waals surface area contributed by atoms with Crippen molar-refractivity contribution in [1.29, 1.82) is 0 Å². The fourth-order valence-electron chi connectivity index (χ4n) is 3.86. The highest BCUT2D eigenvalue weighted by Crippen LogP contribution is 2.59. The van der Waals surface area contributed by atoms with Crippen LogP contribution in [0.25, 0.3) is 10.2 Å². The van der Waals surface area contributed by atoms with Gasteiger partial charge in [0.15, 0.2) is 0 Å². The first kappa shape index (κ1) is 13.2. The van der Waals surface area contributed by atoms with Crippen LogP contribution in [0.2, 0.25) is 0 Å². The van der Waals surface area contributed by atoms with Crippen LogP contribution in [-0.2, 0) is 11.3 Å². The number of nitrogens with one attached hydrogen (secondary N) is 1. The zero-order valence-corrected chi connectivity index (χ0v) is 12.9. The van der Waals surface area contributed by atoms with Crippen molar-refractivity contribution in [3.63, 3.8) is 0 Å². The number of carbonyl (C=O) groups is 1. The van der Waals surface area contributed by atoms with Crippen LogP contribution in [0.5, 0.6) is 0 Å². The average molecular weight is 301 g/mol. The van der Waals surface area contributed by atoms with Crippen LogP contribution in [0.15, 0.2) is 23.7 Å². The highest BCUT2D eigenvalue weighted by atomic mass is 32.1. The van der Waals surface area contributed by atoms with E-state index in [-0.39, 0.29) is 11.3 Å². The molecule has 3 aliphatic rings.